The van der Waals surface area contributed by atoms with E-state index >= 15 is 0 Å². The lowest BCUT2D eigenvalue weighted by Gasteiger charge is -2.64. The summed E-state index contributed by atoms with van der Waals surface area (Å²) in [5.41, 5.74) is -3.68. The maximum Gasteiger partial charge on any atom is 0.109 e. The van der Waals surface area contributed by atoms with Crippen molar-refractivity contribution in [2.45, 2.75) is 89.8 Å². The van der Waals surface area contributed by atoms with Crippen molar-refractivity contribution in [3.05, 3.63) is 12.7 Å². The van der Waals surface area contributed by atoms with Gasteiger partial charge in [0.2, 0.25) is 0 Å². The Morgan fingerprint density at radius 3 is 2.28 bits per heavy atom. The fourth-order valence-corrected chi connectivity index (χ4v) is 5.88. The molecule has 0 bridgehead atoms. The van der Waals surface area contributed by atoms with E-state index in [1.807, 2.05) is 6.92 Å². The van der Waals surface area contributed by atoms with Crippen molar-refractivity contribution in [1.29, 1.82) is 0 Å². The molecule has 0 radical (unpaired) electrons. The summed E-state index contributed by atoms with van der Waals surface area (Å²) >= 11 is 0. The Morgan fingerprint density at radius 1 is 1.20 bits per heavy atom. The van der Waals surface area contributed by atoms with Crippen LogP contribution in [0.5, 0.6) is 0 Å². The van der Waals surface area contributed by atoms with E-state index in [0.717, 1.165) is 19.3 Å². The van der Waals surface area contributed by atoms with Gasteiger partial charge in [-0.25, -0.2) is 0 Å². The molecule has 0 aromatic carbocycles. The Bertz CT molecular complexity index is 512. The highest BCUT2D eigenvalue weighted by Crippen LogP contribution is 2.63. The van der Waals surface area contributed by atoms with Gasteiger partial charge in [0.25, 0.3) is 0 Å². The van der Waals surface area contributed by atoms with E-state index < -0.39 is 40.8 Å². The molecule has 5 heteroatoms. The van der Waals surface area contributed by atoms with Crippen LogP contribution in [0.4, 0.5) is 0 Å². The van der Waals surface area contributed by atoms with Gasteiger partial charge in [-0.2, -0.15) is 0 Å². The molecule has 2 aliphatic carbocycles. The zero-order valence-corrected chi connectivity index (χ0v) is 16.2. The van der Waals surface area contributed by atoms with Crippen LogP contribution in [0.3, 0.4) is 0 Å². The summed E-state index contributed by atoms with van der Waals surface area (Å²) in [5.74, 6) is -0.667. The van der Waals surface area contributed by atoms with E-state index in [2.05, 4.69) is 20.4 Å². The molecule has 0 aliphatic heterocycles. The van der Waals surface area contributed by atoms with Crippen molar-refractivity contribution >= 4 is 0 Å². The highest BCUT2D eigenvalue weighted by atomic mass is 16.4. The van der Waals surface area contributed by atoms with Crippen LogP contribution in [-0.2, 0) is 0 Å². The van der Waals surface area contributed by atoms with Crippen molar-refractivity contribution in [2.75, 3.05) is 0 Å². The van der Waals surface area contributed by atoms with E-state index in [0.29, 0.717) is 0 Å². The Morgan fingerprint density at radius 2 is 1.76 bits per heavy atom. The fourth-order valence-electron chi connectivity index (χ4n) is 5.88. The molecule has 0 aromatic rings. The summed E-state index contributed by atoms with van der Waals surface area (Å²) in [7, 11) is 0. The van der Waals surface area contributed by atoms with E-state index in [9.17, 15) is 25.5 Å². The van der Waals surface area contributed by atoms with Crippen LogP contribution in [0, 0.1) is 22.7 Å². The standard InChI is InChI=1S/C20H36O5/c1-7-19(5,24)13(21)11-12-18(4)10-8-9-17(2,3)15(18)14(22)16(23)20(12,6)25/h7,12-16,21-25H,1,8-11H2,2-6H3/t12-,13+,14+,15+,16+,18+,19-,20-/m0/s1. The van der Waals surface area contributed by atoms with Crippen LogP contribution in [0.2, 0.25) is 0 Å². The van der Waals surface area contributed by atoms with Crippen LogP contribution >= 0.6 is 0 Å². The second-order valence-corrected chi connectivity index (χ2v) is 9.72. The lowest BCUT2D eigenvalue weighted by molar-refractivity contribution is -0.272. The maximum absolute atomic E-state index is 11.1. The molecule has 0 unspecified atom stereocenters. The van der Waals surface area contributed by atoms with Gasteiger partial charge in [-0.1, -0.05) is 33.3 Å². The highest BCUT2D eigenvalue weighted by Gasteiger charge is 2.65. The Kier molecular flexibility index (Phi) is 5.26. The van der Waals surface area contributed by atoms with Gasteiger partial charge in [0.1, 0.15) is 11.7 Å². The smallest absolute Gasteiger partial charge is 0.109 e. The molecule has 25 heavy (non-hydrogen) atoms. The van der Waals surface area contributed by atoms with Gasteiger partial charge in [0, 0.05) is 0 Å². The number of fused-ring (bicyclic) bond motifs is 1. The predicted molar refractivity (Wildman–Crippen MR) is 96.8 cm³/mol. The molecule has 2 saturated carbocycles. The summed E-state index contributed by atoms with van der Waals surface area (Å²) in [6.07, 6.45) is 0.685. The molecule has 0 amide bonds. The molecular weight excluding hydrogens is 320 g/mol. The first-order chi connectivity index (χ1) is 11.2. The summed E-state index contributed by atoms with van der Waals surface area (Å²) in [5, 5.41) is 53.5. The van der Waals surface area contributed by atoms with Gasteiger partial charge in [-0.3, -0.25) is 0 Å². The molecule has 5 N–H and O–H groups in total. The second kappa shape index (κ2) is 6.31. The summed E-state index contributed by atoms with van der Waals surface area (Å²) < 4.78 is 0. The van der Waals surface area contributed by atoms with Crippen molar-refractivity contribution < 1.29 is 25.5 Å². The normalized spacial score (nSPS) is 47.4. The molecule has 0 spiro atoms. The average molecular weight is 357 g/mol. The lowest BCUT2D eigenvalue weighted by atomic mass is 9.43. The third-order valence-electron chi connectivity index (χ3n) is 7.40. The average Bonchev–Trinajstić information content (AvgIpc) is 2.48. The quantitative estimate of drug-likeness (QED) is 0.493. The fraction of sp³-hybridized carbons (Fsp3) is 0.900. The lowest BCUT2D eigenvalue weighted by Crippen LogP contribution is -2.70. The minimum atomic E-state index is -1.56. The largest absolute Gasteiger partial charge is 0.390 e. The number of hydrogen-bond acceptors (Lipinski definition) is 5. The zero-order chi connectivity index (χ0) is 19.4. The summed E-state index contributed by atoms with van der Waals surface area (Å²) in [6.45, 7) is 12.8. The Labute approximate surface area is 151 Å². The summed E-state index contributed by atoms with van der Waals surface area (Å²) in [4.78, 5) is 0. The molecular formula is C20H36O5. The van der Waals surface area contributed by atoms with Crippen LogP contribution in [0.15, 0.2) is 12.7 Å². The minimum Gasteiger partial charge on any atom is -0.390 e. The molecule has 0 heterocycles. The Balaban J connectivity index is 2.49. The van der Waals surface area contributed by atoms with E-state index in [4.69, 9.17) is 0 Å². The SMILES string of the molecule is C=C[C@](C)(O)[C@H](O)C[C@@H]1[C@](C)(O)[C@H](O)[C@H](O)[C@@H]2C(C)(C)CCC[C@@]21C. The molecule has 2 aliphatic rings. The van der Waals surface area contributed by atoms with Crippen LogP contribution in [-0.4, -0.2) is 55.0 Å². The Hall–Kier alpha value is -0.460. The van der Waals surface area contributed by atoms with Crippen molar-refractivity contribution in [3.63, 3.8) is 0 Å². The van der Waals surface area contributed by atoms with Crippen LogP contribution in [0.25, 0.3) is 0 Å². The molecule has 2 rings (SSSR count). The second-order valence-electron chi connectivity index (χ2n) is 9.72. The van der Waals surface area contributed by atoms with E-state index in [1.54, 1.807) is 0 Å². The van der Waals surface area contributed by atoms with Gasteiger partial charge in [0.05, 0.1) is 17.8 Å². The minimum absolute atomic E-state index is 0.124. The maximum atomic E-state index is 11.1. The first kappa shape index (κ1) is 20.8. The third-order valence-corrected chi connectivity index (χ3v) is 7.40. The number of aliphatic hydroxyl groups is 5. The number of rotatable bonds is 4. The first-order valence-electron chi connectivity index (χ1n) is 9.34. The number of aliphatic hydroxyl groups excluding tert-OH is 3. The first-order valence-corrected chi connectivity index (χ1v) is 9.34. The number of hydrogen-bond donors (Lipinski definition) is 5. The molecule has 0 aromatic heterocycles. The van der Waals surface area contributed by atoms with Gasteiger partial charge in [-0.15, -0.1) is 6.58 Å². The molecule has 5 nitrogen and oxygen atoms in total. The summed E-state index contributed by atoms with van der Waals surface area (Å²) in [6, 6.07) is 0. The van der Waals surface area contributed by atoms with Crippen molar-refractivity contribution in [3.8, 4) is 0 Å². The van der Waals surface area contributed by atoms with E-state index in [1.165, 1.54) is 19.9 Å². The topological polar surface area (TPSA) is 101 Å². The van der Waals surface area contributed by atoms with Gasteiger partial charge in [0.15, 0.2) is 0 Å². The highest BCUT2D eigenvalue weighted by molar-refractivity contribution is 5.15. The molecule has 8 atom stereocenters. The van der Waals surface area contributed by atoms with Crippen molar-refractivity contribution in [1.82, 2.24) is 0 Å². The molecule has 2 fully saturated rings. The van der Waals surface area contributed by atoms with Crippen molar-refractivity contribution in [2.24, 2.45) is 22.7 Å². The third kappa shape index (κ3) is 3.19. The van der Waals surface area contributed by atoms with Gasteiger partial charge in [-0.05, 0) is 55.8 Å². The molecule has 0 saturated heterocycles. The van der Waals surface area contributed by atoms with Gasteiger partial charge >= 0.3 is 0 Å². The van der Waals surface area contributed by atoms with Gasteiger partial charge < -0.3 is 25.5 Å². The molecule has 146 valence electrons. The van der Waals surface area contributed by atoms with Crippen LogP contribution in [0.1, 0.15) is 60.3 Å². The predicted octanol–water partition coefficient (Wildman–Crippen LogP) is 1.61. The zero-order valence-electron chi connectivity index (χ0n) is 16.2. The van der Waals surface area contributed by atoms with Crippen LogP contribution < -0.4 is 0 Å². The monoisotopic (exact) mass is 356 g/mol. The van der Waals surface area contributed by atoms with E-state index in [-0.39, 0.29) is 17.8 Å².